The van der Waals surface area contributed by atoms with Crippen molar-refractivity contribution in [1.82, 2.24) is 14.8 Å². The van der Waals surface area contributed by atoms with Gasteiger partial charge in [-0.1, -0.05) is 36.0 Å². The van der Waals surface area contributed by atoms with Gasteiger partial charge in [-0.3, -0.25) is 4.79 Å². The predicted octanol–water partition coefficient (Wildman–Crippen LogP) is 4.35. The van der Waals surface area contributed by atoms with Crippen LogP contribution in [0, 0.1) is 0 Å². The van der Waals surface area contributed by atoms with Crippen LogP contribution >= 0.6 is 11.8 Å². The Morgan fingerprint density at radius 3 is 2.59 bits per heavy atom. The van der Waals surface area contributed by atoms with Crippen molar-refractivity contribution in [1.29, 1.82) is 0 Å². The Labute approximate surface area is 191 Å². The Bertz CT molecular complexity index is 1060. The van der Waals surface area contributed by atoms with Gasteiger partial charge in [0, 0.05) is 12.2 Å². The summed E-state index contributed by atoms with van der Waals surface area (Å²) in [5.41, 5.74) is 0.920. The summed E-state index contributed by atoms with van der Waals surface area (Å²) in [5, 5.41) is 12.0. The normalized spacial score (nSPS) is 11.6. The number of esters is 1. The Hall–Kier alpha value is -3.33. The summed E-state index contributed by atoms with van der Waals surface area (Å²) < 4.78 is 12.9. The van der Waals surface area contributed by atoms with Gasteiger partial charge >= 0.3 is 5.97 Å². The molecule has 1 amide bonds. The summed E-state index contributed by atoms with van der Waals surface area (Å²) >= 11 is 1.29. The van der Waals surface area contributed by atoms with Crippen molar-refractivity contribution in [2.75, 3.05) is 17.7 Å². The first-order valence-corrected chi connectivity index (χ1v) is 11.3. The van der Waals surface area contributed by atoms with Crippen LogP contribution in [0.15, 0.2) is 59.8 Å². The van der Waals surface area contributed by atoms with Gasteiger partial charge in [-0.25, -0.2) is 4.79 Å². The van der Waals surface area contributed by atoms with Crippen LogP contribution in [0.5, 0.6) is 5.75 Å². The number of rotatable bonds is 10. The fraction of sp³-hybridized carbons (Fsp3) is 0.304. The molecule has 1 atom stereocenters. The Balaban J connectivity index is 1.60. The zero-order valence-electron chi connectivity index (χ0n) is 18.3. The van der Waals surface area contributed by atoms with E-state index in [0.29, 0.717) is 35.4 Å². The summed E-state index contributed by atoms with van der Waals surface area (Å²) in [6.07, 6.45) is -0.293. The van der Waals surface area contributed by atoms with Crippen molar-refractivity contribution >= 4 is 29.3 Å². The van der Waals surface area contributed by atoms with Crippen LogP contribution in [0.1, 0.15) is 43.1 Å². The second kappa shape index (κ2) is 11.3. The number of benzene rings is 2. The van der Waals surface area contributed by atoms with Crippen LogP contribution in [0.2, 0.25) is 0 Å². The van der Waals surface area contributed by atoms with Gasteiger partial charge in [-0.2, -0.15) is 0 Å². The molecule has 0 spiro atoms. The maximum atomic E-state index is 12.4. The number of anilines is 1. The van der Waals surface area contributed by atoms with Gasteiger partial charge in [0.15, 0.2) is 17.1 Å². The molecule has 1 heterocycles. The molecule has 0 bridgehead atoms. The largest absolute Gasteiger partial charge is 0.483 e. The number of nitrogens with one attached hydrogen (secondary N) is 1. The third-order valence-electron chi connectivity index (χ3n) is 4.47. The highest BCUT2D eigenvalue weighted by atomic mass is 32.2. The lowest BCUT2D eigenvalue weighted by molar-refractivity contribution is -0.113. The second-order valence-electron chi connectivity index (χ2n) is 6.80. The highest BCUT2D eigenvalue weighted by Crippen LogP contribution is 2.24. The number of amides is 1. The number of carbonyl (C=O) groups is 2. The number of aromatic nitrogens is 3. The number of thioether (sulfide) groups is 1. The van der Waals surface area contributed by atoms with Crippen molar-refractivity contribution in [2.24, 2.45) is 0 Å². The molecule has 1 unspecified atom stereocenters. The number of ether oxygens (including phenoxy) is 2. The fourth-order valence-electron chi connectivity index (χ4n) is 3.03. The van der Waals surface area contributed by atoms with Crippen LogP contribution in [-0.2, 0) is 16.1 Å². The van der Waals surface area contributed by atoms with Crippen molar-refractivity contribution in [3.05, 3.63) is 66.0 Å². The minimum absolute atomic E-state index is 0.149. The molecule has 1 aromatic heterocycles. The van der Waals surface area contributed by atoms with E-state index in [1.807, 2.05) is 48.7 Å². The molecule has 0 fully saturated rings. The van der Waals surface area contributed by atoms with E-state index in [0.717, 1.165) is 5.75 Å². The third-order valence-corrected chi connectivity index (χ3v) is 5.44. The first-order chi connectivity index (χ1) is 15.5. The Morgan fingerprint density at radius 1 is 1.09 bits per heavy atom. The average Bonchev–Trinajstić information content (AvgIpc) is 3.22. The van der Waals surface area contributed by atoms with Gasteiger partial charge in [0.2, 0.25) is 5.91 Å². The maximum Gasteiger partial charge on any atom is 0.338 e. The van der Waals surface area contributed by atoms with E-state index in [1.54, 1.807) is 31.2 Å². The van der Waals surface area contributed by atoms with Gasteiger partial charge < -0.3 is 19.4 Å². The van der Waals surface area contributed by atoms with Gasteiger partial charge in [0.1, 0.15) is 5.75 Å². The molecule has 0 aliphatic heterocycles. The van der Waals surface area contributed by atoms with Gasteiger partial charge in [-0.15, -0.1) is 10.2 Å². The summed E-state index contributed by atoms with van der Waals surface area (Å²) in [6.45, 7) is 6.60. The first-order valence-electron chi connectivity index (χ1n) is 10.4. The van der Waals surface area contributed by atoms with E-state index in [1.165, 1.54) is 11.8 Å². The smallest absolute Gasteiger partial charge is 0.338 e. The molecule has 3 aromatic rings. The van der Waals surface area contributed by atoms with Crippen LogP contribution in [0.3, 0.4) is 0 Å². The lowest BCUT2D eigenvalue weighted by atomic mass is 10.2. The monoisotopic (exact) mass is 454 g/mol. The molecule has 8 nitrogen and oxygen atoms in total. The van der Waals surface area contributed by atoms with E-state index in [-0.39, 0.29) is 17.8 Å². The van der Waals surface area contributed by atoms with Gasteiger partial charge in [0.25, 0.3) is 0 Å². The number of hydrogen-bond acceptors (Lipinski definition) is 7. The molecule has 2 aromatic carbocycles. The zero-order chi connectivity index (χ0) is 22.9. The van der Waals surface area contributed by atoms with E-state index in [2.05, 4.69) is 15.5 Å². The van der Waals surface area contributed by atoms with Crippen molar-refractivity contribution in [3.8, 4) is 5.75 Å². The molecule has 9 heteroatoms. The number of nitrogens with zero attached hydrogens (tertiary/aromatic N) is 3. The fourth-order valence-corrected chi connectivity index (χ4v) is 3.84. The molecular weight excluding hydrogens is 428 g/mol. The Morgan fingerprint density at radius 2 is 1.88 bits per heavy atom. The number of carbonyl (C=O) groups excluding carboxylic acids is 2. The molecule has 3 rings (SSSR count). The van der Waals surface area contributed by atoms with Gasteiger partial charge in [-0.05, 0) is 51.1 Å². The summed E-state index contributed by atoms with van der Waals surface area (Å²) in [4.78, 5) is 24.3. The maximum absolute atomic E-state index is 12.4. The van der Waals surface area contributed by atoms with Crippen molar-refractivity contribution in [3.63, 3.8) is 0 Å². The molecule has 0 aliphatic rings. The van der Waals surface area contributed by atoms with E-state index < -0.39 is 5.97 Å². The molecule has 1 N–H and O–H groups in total. The molecule has 0 aliphatic carbocycles. The van der Waals surface area contributed by atoms with Crippen LogP contribution in [0.4, 0.5) is 5.69 Å². The van der Waals surface area contributed by atoms with E-state index >= 15 is 0 Å². The van der Waals surface area contributed by atoms with E-state index in [9.17, 15) is 9.59 Å². The SMILES string of the molecule is CCOC(=O)c1cccc(NC(=O)CSc2nnc(C(C)Oc3ccccc3)n2CC)c1. The minimum Gasteiger partial charge on any atom is -0.483 e. The Kier molecular flexibility index (Phi) is 8.27. The molecule has 32 heavy (non-hydrogen) atoms. The topological polar surface area (TPSA) is 95.3 Å². The predicted molar refractivity (Wildman–Crippen MR) is 123 cm³/mol. The summed E-state index contributed by atoms with van der Waals surface area (Å²) in [6, 6.07) is 16.2. The average molecular weight is 455 g/mol. The van der Waals surface area contributed by atoms with Crippen molar-refractivity contribution in [2.45, 2.75) is 38.6 Å². The molecule has 0 saturated carbocycles. The van der Waals surface area contributed by atoms with E-state index in [4.69, 9.17) is 9.47 Å². The second-order valence-corrected chi connectivity index (χ2v) is 7.74. The molecule has 0 radical (unpaired) electrons. The van der Waals surface area contributed by atoms with Crippen molar-refractivity contribution < 1.29 is 19.1 Å². The highest BCUT2D eigenvalue weighted by Gasteiger charge is 2.19. The molecular formula is C23H26N4O4S. The lowest BCUT2D eigenvalue weighted by Crippen LogP contribution is -2.16. The first kappa shape index (κ1) is 23.3. The minimum atomic E-state index is -0.423. The zero-order valence-corrected chi connectivity index (χ0v) is 19.1. The highest BCUT2D eigenvalue weighted by molar-refractivity contribution is 7.99. The molecule has 168 valence electrons. The van der Waals surface area contributed by atoms with Crippen LogP contribution in [0.25, 0.3) is 0 Å². The van der Waals surface area contributed by atoms with Gasteiger partial charge in [0.05, 0.1) is 17.9 Å². The molecule has 0 saturated heterocycles. The van der Waals surface area contributed by atoms with Crippen LogP contribution in [-0.4, -0.2) is 39.0 Å². The van der Waals surface area contributed by atoms with Crippen LogP contribution < -0.4 is 10.1 Å². The standard InChI is InChI=1S/C23H26N4O4S/c1-4-27-21(16(3)31-19-12-7-6-8-13-19)25-26-23(27)32-15-20(28)24-18-11-9-10-17(14-18)22(29)30-5-2/h6-14,16H,4-5,15H2,1-3H3,(H,24,28). The number of hydrogen-bond donors (Lipinski definition) is 1. The lowest BCUT2D eigenvalue weighted by Gasteiger charge is -2.15. The number of para-hydroxylation sites is 1. The third kappa shape index (κ3) is 6.10. The quantitative estimate of drug-likeness (QED) is 0.359. The summed E-state index contributed by atoms with van der Waals surface area (Å²) in [7, 11) is 0. The summed E-state index contributed by atoms with van der Waals surface area (Å²) in [5.74, 6) is 0.964.